The van der Waals surface area contributed by atoms with Crippen LogP contribution in [-0.2, 0) is 9.84 Å². The SMILES string of the molecule is CC1=CS(=O)(=O)C(Oc2cccc(F)c2)=N1. The molecule has 0 radical (unpaired) electrons. The lowest BCUT2D eigenvalue weighted by atomic mass is 10.3. The van der Waals surface area contributed by atoms with Gasteiger partial charge in [0.25, 0.3) is 9.84 Å². The van der Waals surface area contributed by atoms with Gasteiger partial charge >= 0.3 is 5.23 Å². The van der Waals surface area contributed by atoms with E-state index >= 15 is 0 Å². The van der Waals surface area contributed by atoms with Crippen molar-refractivity contribution in [2.75, 3.05) is 0 Å². The lowest BCUT2D eigenvalue weighted by Crippen LogP contribution is -2.16. The van der Waals surface area contributed by atoms with Gasteiger partial charge in [-0.15, -0.1) is 0 Å². The summed E-state index contributed by atoms with van der Waals surface area (Å²) in [6, 6.07) is 5.20. The van der Waals surface area contributed by atoms with Crippen molar-refractivity contribution in [1.82, 2.24) is 0 Å². The predicted molar refractivity (Wildman–Crippen MR) is 57.1 cm³/mol. The van der Waals surface area contributed by atoms with Crippen molar-refractivity contribution in [2.45, 2.75) is 6.92 Å². The zero-order valence-electron chi connectivity index (χ0n) is 8.34. The Morgan fingerprint density at radius 3 is 2.69 bits per heavy atom. The van der Waals surface area contributed by atoms with Crippen LogP contribution in [0.3, 0.4) is 0 Å². The van der Waals surface area contributed by atoms with E-state index in [4.69, 9.17) is 4.74 Å². The number of ether oxygens (including phenoxy) is 1. The fourth-order valence-electron chi connectivity index (χ4n) is 1.22. The Balaban J connectivity index is 2.28. The summed E-state index contributed by atoms with van der Waals surface area (Å²) in [7, 11) is -3.60. The first kappa shape index (κ1) is 10.8. The first-order valence-electron chi connectivity index (χ1n) is 4.43. The minimum atomic E-state index is -3.60. The molecule has 0 atom stereocenters. The van der Waals surface area contributed by atoms with Crippen LogP contribution in [0.15, 0.2) is 40.4 Å². The molecule has 0 N–H and O–H groups in total. The van der Waals surface area contributed by atoms with Gasteiger partial charge in [0.2, 0.25) is 0 Å². The average Bonchev–Trinajstić information content (AvgIpc) is 2.39. The van der Waals surface area contributed by atoms with Gasteiger partial charge in [0.1, 0.15) is 11.6 Å². The molecule has 0 unspecified atom stereocenters. The van der Waals surface area contributed by atoms with Gasteiger partial charge in [-0.05, 0) is 19.1 Å². The van der Waals surface area contributed by atoms with Gasteiger partial charge < -0.3 is 4.74 Å². The monoisotopic (exact) mass is 241 g/mol. The topological polar surface area (TPSA) is 55.7 Å². The Morgan fingerprint density at radius 1 is 1.38 bits per heavy atom. The maximum atomic E-state index is 12.8. The fourth-order valence-corrected chi connectivity index (χ4v) is 2.31. The first-order valence-corrected chi connectivity index (χ1v) is 5.97. The highest BCUT2D eigenvalue weighted by Crippen LogP contribution is 2.19. The van der Waals surface area contributed by atoms with Crippen LogP contribution < -0.4 is 4.74 Å². The van der Waals surface area contributed by atoms with Crippen LogP contribution in [-0.4, -0.2) is 13.6 Å². The molecule has 1 heterocycles. The van der Waals surface area contributed by atoms with E-state index in [0.29, 0.717) is 5.70 Å². The lowest BCUT2D eigenvalue weighted by molar-refractivity contribution is 0.539. The third-order valence-corrected chi connectivity index (χ3v) is 3.15. The molecule has 2 rings (SSSR count). The third-order valence-electron chi connectivity index (χ3n) is 1.84. The van der Waals surface area contributed by atoms with Crippen molar-refractivity contribution >= 4 is 15.1 Å². The molecule has 0 spiro atoms. The first-order chi connectivity index (χ1) is 7.47. The normalized spacial score (nSPS) is 17.9. The Bertz CT molecular complexity index is 590. The minimum Gasteiger partial charge on any atom is -0.430 e. The van der Waals surface area contributed by atoms with Crippen LogP contribution in [0, 0.1) is 5.82 Å². The van der Waals surface area contributed by atoms with E-state index in [1.165, 1.54) is 18.2 Å². The molecule has 0 amide bonds. The lowest BCUT2D eigenvalue weighted by Gasteiger charge is -2.03. The molecule has 1 aromatic rings. The number of halogens is 1. The summed E-state index contributed by atoms with van der Waals surface area (Å²) in [5.41, 5.74) is 0.339. The summed E-state index contributed by atoms with van der Waals surface area (Å²) >= 11 is 0. The second kappa shape index (κ2) is 3.71. The minimum absolute atomic E-state index is 0.102. The van der Waals surface area contributed by atoms with Crippen molar-refractivity contribution in [3.63, 3.8) is 0 Å². The standard InChI is InChI=1S/C10H8FNO3S/c1-7-6-16(13,14)10(12-7)15-9-4-2-3-8(11)5-9/h2-6H,1H3. The number of allylic oxidation sites excluding steroid dienone is 1. The fraction of sp³-hybridized carbons (Fsp3) is 0.100. The second-order valence-corrected chi connectivity index (χ2v) is 4.92. The number of sulfone groups is 1. The van der Waals surface area contributed by atoms with E-state index in [-0.39, 0.29) is 5.75 Å². The molecule has 16 heavy (non-hydrogen) atoms. The van der Waals surface area contributed by atoms with Crippen molar-refractivity contribution in [3.8, 4) is 5.75 Å². The Hall–Kier alpha value is -1.69. The maximum Gasteiger partial charge on any atom is 0.319 e. The van der Waals surface area contributed by atoms with E-state index in [0.717, 1.165) is 11.5 Å². The number of hydrogen-bond donors (Lipinski definition) is 0. The molecule has 0 aromatic heterocycles. The molecule has 4 nitrogen and oxygen atoms in total. The zero-order chi connectivity index (χ0) is 11.8. The van der Waals surface area contributed by atoms with E-state index < -0.39 is 20.9 Å². The predicted octanol–water partition coefficient (Wildman–Crippen LogP) is 1.85. The number of benzene rings is 1. The molecular weight excluding hydrogens is 233 g/mol. The van der Waals surface area contributed by atoms with E-state index in [9.17, 15) is 12.8 Å². The van der Waals surface area contributed by atoms with Gasteiger partial charge in [0, 0.05) is 6.07 Å². The summed E-state index contributed by atoms with van der Waals surface area (Å²) in [4.78, 5) is 3.71. The van der Waals surface area contributed by atoms with Crippen LogP contribution in [0.2, 0.25) is 0 Å². The summed E-state index contributed by atoms with van der Waals surface area (Å²) in [5.74, 6) is -0.399. The number of rotatable bonds is 1. The summed E-state index contributed by atoms with van der Waals surface area (Å²) in [6.45, 7) is 1.54. The number of nitrogens with zero attached hydrogens (tertiary/aromatic N) is 1. The molecule has 0 saturated heterocycles. The van der Waals surface area contributed by atoms with Crippen molar-refractivity contribution in [3.05, 3.63) is 41.2 Å². The van der Waals surface area contributed by atoms with Gasteiger partial charge in [-0.1, -0.05) is 6.07 Å². The van der Waals surface area contributed by atoms with Crippen LogP contribution in [0.4, 0.5) is 4.39 Å². The van der Waals surface area contributed by atoms with Crippen molar-refractivity contribution in [1.29, 1.82) is 0 Å². The van der Waals surface area contributed by atoms with Crippen LogP contribution in [0.25, 0.3) is 0 Å². The van der Waals surface area contributed by atoms with Gasteiger partial charge in [-0.25, -0.2) is 17.8 Å². The summed E-state index contributed by atoms with van der Waals surface area (Å²) < 4.78 is 40.7. The van der Waals surface area contributed by atoms with Crippen LogP contribution >= 0.6 is 0 Å². The molecule has 1 aliphatic rings. The zero-order valence-corrected chi connectivity index (χ0v) is 9.16. The smallest absolute Gasteiger partial charge is 0.319 e. The highest BCUT2D eigenvalue weighted by Gasteiger charge is 2.25. The Labute approximate surface area is 92.0 Å². The van der Waals surface area contributed by atoms with Gasteiger partial charge in [-0.2, -0.15) is 0 Å². The van der Waals surface area contributed by atoms with Crippen LogP contribution in [0.1, 0.15) is 6.92 Å². The van der Waals surface area contributed by atoms with Gasteiger partial charge in [0.05, 0.1) is 11.1 Å². The van der Waals surface area contributed by atoms with Crippen molar-refractivity contribution in [2.24, 2.45) is 4.99 Å². The quantitative estimate of drug-likeness (QED) is 0.754. The highest BCUT2D eigenvalue weighted by molar-refractivity contribution is 8.08. The molecular formula is C10H8FNO3S. The second-order valence-electron chi connectivity index (χ2n) is 3.24. The maximum absolute atomic E-state index is 12.8. The highest BCUT2D eigenvalue weighted by atomic mass is 32.2. The van der Waals surface area contributed by atoms with E-state index in [1.807, 2.05) is 0 Å². The number of hydrogen-bond acceptors (Lipinski definition) is 4. The summed E-state index contributed by atoms with van der Waals surface area (Å²) in [6.07, 6.45) is 0. The van der Waals surface area contributed by atoms with Crippen LogP contribution in [0.5, 0.6) is 5.75 Å². The molecule has 6 heteroatoms. The summed E-state index contributed by atoms with van der Waals surface area (Å²) in [5, 5.41) is 0.581. The average molecular weight is 241 g/mol. The molecule has 0 saturated carbocycles. The van der Waals surface area contributed by atoms with Crippen molar-refractivity contribution < 1.29 is 17.5 Å². The molecule has 0 aliphatic carbocycles. The van der Waals surface area contributed by atoms with Gasteiger partial charge in [0.15, 0.2) is 0 Å². The molecule has 84 valence electrons. The van der Waals surface area contributed by atoms with Gasteiger partial charge in [-0.3, -0.25) is 0 Å². The largest absolute Gasteiger partial charge is 0.430 e. The van der Waals surface area contributed by atoms with E-state index in [2.05, 4.69) is 4.99 Å². The Kier molecular flexibility index (Phi) is 2.51. The molecule has 1 aliphatic heterocycles. The van der Waals surface area contributed by atoms with E-state index in [1.54, 1.807) is 6.92 Å². The molecule has 0 fully saturated rings. The molecule has 1 aromatic carbocycles. The number of aliphatic imine (C=N–C) groups is 1. The third kappa shape index (κ3) is 2.11. The Morgan fingerprint density at radius 2 is 2.12 bits per heavy atom. The molecule has 0 bridgehead atoms.